The van der Waals surface area contributed by atoms with Gasteiger partial charge in [0.1, 0.15) is 0 Å². The van der Waals surface area contributed by atoms with E-state index in [-0.39, 0.29) is 16.8 Å². The Labute approximate surface area is 155 Å². The maximum atomic E-state index is 11.4. The third kappa shape index (κ3) is 3.43. The molecule has 3 aromatic rings. The lowest BCUT2D eigenvalue weighted by Crippen LogP contribution is -2.19. The minimum absolute atomic E-state index is 0.0840. The molecule has 0 amide bonds. The molecular formula is C19H19N5O3. The smallest absolute Gasteiger partial charge is 0.273 e. The molecule has 2 aromatic heterocycles. The molecule has 0 N–H and O–H groups in total. The molecule has 0 saturated carbocycles. The normalized spacial score (nSPS) is 17.6. The minimum Gasteiger partial charge on any atom is -0.356 e. The van der Waals surface area contributed by atoms with Crippen LogP contribution in [0.5, 0.6) is 0 Å². The predicted octanol–water partition coefficient (Wildman–Crippen LogP) is 3.91. The summed E-state index contributed by atoms with van der Waals surface area (Å²) >= 11 is 0. The number of benzene rings is 1. The van der Waals surface area contributed by atoms with Crippen LogP contribution in [0.15, 0.2) is 30.7 Å². The first-order valence-electron chi connectivity index (χ1n) is 8.86. The van der Waals surface area contributed by atoms with Crippen LogP contribution in [0.2, 0.25) is 0 Å². The molecule has 1 unspecified atom stereocenters. The molecule has 1 aromatic carbocycles. The van der Waals surface area contributed by atoms with Crippen LogP contribution in [-0.4, -0.2) is 31.3 Å². The Morgan fingerprint density at radius 3 is 2.89 bits per heavy atom. The number of ether oxygens (including phenoxy) is 1. The Morgan fingerprint density at radius 2 is 2.19 bits per heavy atom. The van der Waals surface area contributed by atoms with Gasteiger partial charge in [-0.15, -0.1) is 0 Å². The number of aromatic nitrogens is 4. The van der Waals surface area contributed by atoms with E-state index in [2.05, 4.69) is 9.97 Å². The van der Waals surface area contributed by atoms with E-state index >= 15 is 0 Å². The van der Waals surface area contributed by atoms with Crippen molar-refractivity contribution in [2.45, 2.75) is 32.4 Å². The van der Waals surface area contributed by atoms with Crippen molar-refractivity contribution >= 4 is 28.7 Å². The molecule has 1 aliphatic rings. The Morgan fingerprint density at radius 1 is 1.30 bits per heavy atom. The summed E-state index contributed by atoms with van der Waals surface area (Å²) < 4.78 is 7.73. The van der Waals surface area contributed by atoms with Crippen molar-refractivity contribution in [1.82, 2.24) is 19.7 Å². The SMILES string of the molecule is Cc1cc2c(cc1[N+](=O)[O-])c(C=Cc1cnccn1)nn2C1CCCCO1. The molecule has 0 radical (unpaired) electrons. The first kappa shape index (κ1) is 17.3. The third-order valence-corrected chi connectivity index (χ3v) is 4.67. The van der Waals surface area contributed by atoms with Gasteiger partial charge in [-0.3, -0.25) is 20.1 Å². The van der Waals surface area contributed by atoms with Gasteiger partial charge in [-0.25, -0.2) is 4.68 Å². The molecule has 138 valence electrons. The Bertz CT molecular complexity index is 1010. The quantitative estimate of drug-likeness (QED) is 0.514. The minimum atomic E-state index is -0.362. The predicted molar refractivity (Wildman–Crippen MR) is 101 cm³/mol. The molecule has 0 bridgehead atoms. The van der Waals surface area contributed by atoms with E-state index in [4.69, 9.17) is 9.84 Å². The molecule has 8 heteroatoms. The number of rotatable bonds is 4. The molecule has 3 heterocycles. The number of hydrogen-bond acceptors (Lipinski definition) is 6. The van der Waals surface area contributed by atoms with E-state index < -0.39 is 0 Å². The topological polar surface area (TPSA) is 96.0 Å². The van der Waals surface area contributed by atoms with Gasteiger partial charge < -0.3 is 4.74 Å². The van der Waals surface area contributed by atoms with Gasteiger partial charge >= 0.3 is 0 Å². The number of aryl methyl sites for hydroxylation is 1. The zero-order chi connectivity index (χ0) is 18.8. The standard InChI is InChI=1S/C19H19N5O3/c1-13-10-18-15(11-17(13)24(25)26)16(6-5-14-12-20-7-8-21-14)22-23(18)19-4-2-3-9-27-19/h5-8,10-12,19H,2-4,9H2,1H3. The highest BCUT2D eigenvalue weighted by molar-refractivity contribution is 5.92. The van der Waals surface area contributed by atoms with Gasteiger partial charge in [-0.1, -0.05) is 0 Å². The molecule has 1 atom stereocenters. The van der Waals surface area contributed by atoms with Crippen molar-refractivity contribution < 1.29 is 9.66 Å². The molecule has 0 aliphatic carbocycles. The Hall–Kier alpha value is -3.13. The van der Waals surface area contributed by atoms with Gasteiger partial charge in [0.15, 0.2) is 6.23 Å². The second-order valence-electron chi connectivity index (χ2n) is 6.53. The average Bonchev–Trinajstić information content (AvgIpc) is 3.04. The third-order valence-electron chi connectivity index (χ3n) is 4.67. The lowest BCUT2D eigenvalue weighted by molar-refractivity contribution is -0.385. The van der Waals surface area contributed by atoms with Gasteiger partial charge in [0.05, 0.1) is 28.0 Å². The summed E-state index contributed by atoms with van der Waals surface area (Å²) in [4.78, 5) is 19.3. The van der Waals surface area contributed by atoms with Crippen LogP contribution in [0.25, 0.3) is 23.1 Å². The van der Waals surface area contributed by atoms with E-state index in [1.807, 2.05) is 16.8 Å². The number of nitrogens with zero attached hydrogens (tertiary/aromatic N) is 5. The second kappa shape index (κ2) is 7.24. The molecule has 8 nitrogen and oxygen atoms in total. The highest BCUT2D eigenvalue weighted by Crippen LogP contribution is 2.32. The van der Waals surface area contributed by atoms with Crippen LogP contribution in [-0.2, 0) is 4.74 Å². The van der Waals surface area contributed by atoms with Crippen molar-refractivity contribution in [2.24, 2.45) is 0 Å². The zero-order valence-electron chi connectivity index (χ0n) is 14.9. The number of fused-ring (bicyclic) bond motifs is 1. The van der Waals surface area contributed by atoms with Crippen LogP contribution < -0.4 is 0 Å². The van der Waals surface area contributed by atoms with Crippen LogP contribution in [0.3, 0.4) is 0 Å². The lowest BCUT2D eigenvalue weighted by atomic mass is 10.1. The average molecular weight is 365 g/mol. The fourth-order valence-electron chi connectivity index (χ4n) is 3.32. The summed E-state index contributed by atoms with van der Waals surface area (Å²) in [5.41, 5.74) is 2.86. The summed E-state index contributed by atoms with van der Waals surface area (Å²) in [6.07, 6.45) is 11.3. The molecular weight excluding hydrogens is 346 g/mol. The molecule has 1 saturated heterocycles. The van der Waals surface area contributed by atoms with Crippen molar-refractivity contribution in [3.63, 3.8) is 0 Å². The van der Waals surface area contributed by atoms with Gasteiger partial charge in [-0.05, 0) is 44.4 Å². The summed E-state index contributed by atoms with van der Waals surface area (Å²) in [6, 6.07) is 3.41. The number of nitro groups is 1. The summed E-state index contributed by atoms with van der Waals surface area (Å²) in [5, 5.41) is 16.8. The Kier molecular flexibility index (Phi) is 4.64. The molecule has 27 heavy (non-hydrogen) atoms. The molecule has 4 rings (SSSR count). The molecule has 0 spiro atoms. The van der Waals surface area contributed by atoms with E-state index in [0.29, 0.717) is 23.6 Å². The van der Waals surface area contributed by atoms with E-state index in [1.165, 1.54) is 0 Å². The van der Waals surface area contributed by atoms with Gasteiger partial charge in [-0.2, -0.15) is 5.10 Å². The summed E-state index contributed by atoms with van der Waals surface area (Å²) in [7, 11) is 0. The first-order valence-corrected chi connectivity index (χ1v) is 8.86. The maximum Gasteiger partial charge on any atom is 0.273 e. The number of nitro benzene ring substituents is 1. The summed E-state index contributed by atoms with van der Waals surface area (Å²) in [6.45, 7) is 2.44. The molecule has 1 aliphatic heterocycles. The summed E-state index contributed by atoms with van der Waals surface area (Å²) in [5.74, 6) is 0. The van der Waals surface area contributed by atoms with Gasteiger partial charge in [0.25, 0.3) is 5.69 Å². The highest BCUT2D eigenvalue weighted by Gasteiger charge is 2.23. The maximum absolute atomic E-state index is 11.4. The van der Waals surface area contributed by atoms with Gasteiger partial charge in [0.2, 0.25) is 0 Å². The highest BCUT2D eigenvalue weighted by atomic mass is 16.6. The van der Waals surface area contributed by atoms with Crippen LogP contribution >= 0.6 is 0 Å². The fourth-order valence-corrected chi connectivity index (χ4v) is 3.32. The van der Waals surface area contributed by atoms with Crippen LogP contribution in [0, 0.1) is 17.0 Å². The van der Waals surface area contributed by atoms with Crippen LogP contribution in [0.1, 0.15) is 42.4 Å². The Balaban J connectivity index is 1.84. The van der Waals surface area contributed by atoms with E-state index in [9.17, 15) is 10.1 Å². The largest absolute Gasteiger partial charge is 0.356 e. The van der Waals surface area contributed by atoms with Crippen molar-refractivity contribution in [3.05, 3.63) is 57.8 Å². The monoisotopic (exact) mass is 365 g/mol. The van der Waals surface area contributed by atoms with E-state index in [1.54, 1.807) is 37.7 Å². The van der Waals surface area contributed by atoms with Gasteiger partial charge in [0, 0.05) is 36.0 Å². The molecule has 1 fully saturated rings. The fraction of sp³-hybridized carbons (Fsp3) is 0.316. The first-order chi connectivity index (χ1) is 13.1. The van der Waals surface area contributed by atoms with Crippen LogP contribution in [0.4, 0.5) is 5.69 Å². The van der Waals surface area contributed by atoms with Crippen molar-refractivity contribution in [1.29, 1.82) is 0 Å². The zero-order valence-corrected chi connectivity index (χ0v) is 14.9. The van der Waals surface area contributed by atoms with E-state index in [0.717, 1.165) is 30.2 Å². The number of hydrogen-bond donors (Lipinski definition) is 0. The van der Waals surface area contributed by atoms with Crippen molar-refractivity contribution in [3.8, 4) is 0 Å². The second-order valence-corrected chi connectivity index (χ2v) is 6.53. The lowest BCUT2D eigenvalue weighted by Gasteiger charge is -2.23. The van der Waals surface area contributed by atoms with Crippen molar-refractivity contribution in [2.75, 3.05) is 6.61 Å².